The van der Waals surface area contributed by atoms with Gasteiger partial charge in [-0.25, -0.2) is 9.78 Å². The van der Waals surface area contributed by atoms with Crippen molar-refractivity contribution in [2.45, 2.75) is 56.3 Å². The smallest absolute Gasteiger partial charge is 0.336 e. The van der Waals surface area contributed by atoms with Gasteiger partial charge in [0, 0.05) is 5.92 Å². The standard InChI is InChI=1S/C26H33N2O3.C6H8O7/c1-28(2,17-18-30-23-15-7-4-8-16-23)20-24-19-27-25(31-24)26(29,22-13-9-10-14-22)21-11-5-3-6-12-21;7-3(8)1-6(13,5(11)12)2-4(9)10/h3-8,11-12,15-16,19,22,29H,9-10,13-14,17-18,20H2,1-2H3;13H,1-2H2,(H,7,8)(H,9,10)(H,11,12)/q+1;. The van der Waals surface area contributed by atoms with Crippen LogP contribution in [0.3, 0.4) is 0 Å². The Morgan fingerprint density at radius 2 is 1.45 bits per heavy atom. The van der Waals surface area contributed by atoms with Crippen LogP contribution in [-0.2, 0) is 26.5 Å². The molecule has 44 heavy (non-hydrogen) atoms. The normalized spacial score (nSPS) is 15.1. The van der Waals surface area contributed by atoms with Crippen LogP contribution in [0.1, 0.15) is 55.7 Å². The average molecular weight is 614 g/mol. The number of para-hydroxylation sites is 1. The van der Waals surface area contributed by atoms with Gasteiger partial charge in [-0.05, 0) is 30.5 Å². The molecule has 1 atom stereocenters. The number of carboxylic acids is 3. The Labute approximate surface area is 255 Å². The van der Waals surface area contributed by atoms with Crippen LogP contribution in [0.4, 0.5) is 0 Å². The van der Waals surface area contributed by atoms with Crippen LogP contribution in [0.2, 0.25) is 0 Å². The number of carbonyl (C=O) groups is 3. The second-order valence-electron chi connectivity index (χ2n) is 11.7. The van der Waals surface area contributed by atoms with Crippen molar-refractivity contribution in [1.82, 2.24) is 4.98 Å². The second-order valence-corrected chi connectivity index (χ2v) is 11.7. The van der Waals surface area contributed by atoms with E-state index in [9.17, 15) is 19.5 Å². The zero-order valence-corrected chi connectivity index (χ0v) is 25.0. The van der Waals surface area contributed by atoms with Crippen LogP contribution in [0, 0.1) is 5.92 Å². The van der Waals surface area contributed by atoms with E-state index >= 15 is 0 Å². The lowest BCUT2D eigenvalue weighted by atomic mass is 9.80. The van der Waals surface area contributed by atoms with Gasteiger partial charge < -0.3 is 39.2 Å². The summed E-state index contributed by atoms with van der Waals surface area (Å²) in [4.78, 5) is 35.0. The fraction of sp³-hybridized carbons (Fsp3) is 0.438. The summed E-state index contributed by atoms with van der Waals surface area (Å²) < 4.78 is 12.8. The molecule has 12 heteroatoms. The number of carboxylic acid groups (broad SMARTS) is 3. The second kappa shape index (κ2) is 15.0. The van der Waals surface area contributed by atoms with E-state index in [1.54, 1.807) is 6.20 Å². The van der Waals surface area contributed by atoms with Crippen LogP contribution in [0.25, 0.3) is 0 Å². The average Bonchev–Trinajstić information content (AvgIpc) is 3.66. The molecule has 0 bridgehead atoms. The number of hydrogen-bond donors (Lipinski definition) is 5. The molecule has 1 saturated carbocycles. The zero-order chi connectivity index (χ0) is 32.4. The third-order valence-electron chi connectivity index (χ3n) is 7.62. The largest absolute Gasteiger partial charge is 0.488 e. The van der Waals surface area contributed by atoms with Gasteiger partial charge in [-0.1, -0.05) is 61.4 Å². The topological polar surface area (TPSA) is 188 Å². The molecule has 2 aromatic carbocycles. The van der Waals surface area contributed by atoms with Crippen LogP contribution in [-0.4, -0.2) is 85.8 Å². The number of hydrogen-bond acceptors (Lipinski definition) is 8. The minimum atomic E-state index is -2.74. The highest BCUT2D eigenvalue weighted by Crippen LogP contribution is 2.44. The van der Waals surface area contributed by atoms with Crippen molar-refractivity contribution in [2.75, 3.05) is 27.2 Å². The third kappa shape index (κ3) is 9.37. The lowest BCUT2D eigenvalue weighted by molar-refractivity contribution is -0.904. The number of nitrogens with zero attached hydrogens (tertiary/aromatic N) is 2. The molecule has 0 amide bonds. The number of aliphatic hydroxyl groups is 2. The van der Waals surface area contributed by atoms with Gasteiger partial charge in [-0.2, -0.15) is 0 Å². The van der Waals surface area contributed by atoms with Crippen LogP contribution in [0.15, 0.2) is 71.3 Å². The highest BCUT2D eigenvalue weighted by Gasteiger charge is 2.45. The number of quaternary nitrogens is 1. The predicted molar refractivity (Wildman–Crippen MR) is 158 cm³/mol. The molecule has 0 spiro atoms. The summed E-state index contributed by atoms with van der Waals surface area (Å²) in [6, 6.07) is 19.7. The summed E-state index contributed by atoms with van der Waals surface area (Å²) in [5.74, 6) is -2.81. The van der Waals surface area contributed by atoms with Crippen molar-refractivity contribution in [3.8, 4) is 5.75 Å². The summed E-state index contributed by atoms with van der Waals surface area (Å²) in [6.45, 7) is 2.13. The fourth-order valence-corrected chi connectivity index (χ4v) is 5.27. The van der Waals surface area contributed by atoms with E-state index in [-0.39, 0.29) is 5.92 Å². The zero-order valence-electron chi connectivity index (χ0n) is 25.0. The maximum Gasteiger partial charge on any atom is 0.336 e. The molecule has 1 aliphatic carbocycles. The van der Waals surface area contributed by atoms with Gasteiger partial charge >= 0.3 is 17.9 Å². The Morgan fingerprint density at radius 1 is 0.909 bits per heavy atom. The van der Waals surface area contributed by atoms with E-state index in [0.29, 0.717) is 23.5 Å². The Hall–Kier alpha value is -4.26. The Morgan fingerprint density at radius 3 is 1.98 bits per heavy atom. The van der Waals surface area contributed by atoms with Gasteiger partial charge in [-0.15, -0.1) is 0 Å². The first-order valence-corrected chi connectivity index (χ1v) is 14.4. The third-order valence-corrected chi connectivity index (χ3v) is 7.62. The van der Waals surface area contributed by atoms with E-state index in [1.807, 2.05) is 60.7 Å². The van der Waals surface area contributed by atoms with Crippen LogP contribution < -0.4 is 4.74 Å². The Balaban J connectivity index is 0.000000345. The van der Waals surface area contributed by atoms with Crippen molar-refractivity contribution >= 4 is 17.9 Å². The summed E-state index contributed by atoms with van der Waals surface area (Å²) in [7, 11) is 4.30. The summed E-state index contributed by atoms with van der Waals surface area (Å²) >= 11 is 0. The van der Waals surface area contributed by atoms with E-state index in [1.165, 1.54) is 0 Å². The number of rotatable bonds is 14. The van der Waals surface area contributed by atoms with Gasteiger partial charge in [0.1, 0.15) is 25.4 Å². The van der Waals surface area contributed by atoms with Crippen LogP contribution >= 0.6 is 0 Å². The predicted octanol–water partition coefficient (Wildman–Crippen LogP) is 3.51. The fourth-order valence-electron chi connectivity index (χ4n) is 5.27. The first kappa shape index (κ1) is 34.2. The van der Waals surface area contributed by atoms with Crippen molar-refractivity contribution in [2.24, 2.45) is 5.92 Å². The molecule has 5 N–H and O–H groups in total. The molecular weight excluding hydrogens is 572 g/mol. The summed E-state index contributed by atoms with van der Waals surface area (Å²) in [5, 5.41) is 45.7. The molecule has 0 radical (unpaired) electrons. The number of likely N-dealkylation sites (N-methyl/N-ethyl adjacent to an activating group) is 1. The monoisotopic (exact) mass is 613 g/mol. The molecule has 1 unspecified atom stereocenters. The molecule has 1 aliphatic rings. The Bertz CT molecular complexity index is 1350. The van der Waals surface area contributed by atoms with Crippen LogP contribution in [0.5, 0.6) is 5.75 Å². The van der Waals surface area contributed by atoms with Gasteiger partial charge in [-0.3, -0.25) is 9.59 Å². The quantitative estimate of drug-likeness (QED) is 0.167. The van der Waals surface area contributed by atoms with Gasteiger partial charge in [0.25, 0.3) is 0 Å². The Kier molecular flexibility index (Phi) is 11.6. The SMILES string of the molecule is C[N+](C)(CCOc1ccccc1)Cc1cnc(C(O)(c2ccccc2)C2CCCC2)o1.O=C(O)CC(O)(CC(=O)O)C(=O)O. The minimum Gasteiger partial charge on any atom is -0.488 e. The number of aromatic nitrogens is 1. The molecule has 1 aromatic heterocycles. The van der Waals surface area contributed by atoms with Gasteiger partial charge in [0.2, 0.25) is 5.89 Å². The molecule has 3 aromatic rings. The lowest BCUT2D eigenvalue weighted by Gasteiger charge is -2.32. The molecule has 0 aliphatic heterocycles. The number of aliphatic carboxylic acids is 3. The van der Waals surface area contributed by atoms with Crippen molar-refractivity contribution in [1.29, 1.82) is 0 Å². The van der Waals surface area contributed by atoms with Gasteiger partial charge in [0.05, 0.1) is 33.1 Å². The summed E-state index contributed by atoms with van der Waals surface area (Å²) in [6.07, 6.45) is 3.74. The van der Waals surface area contributed by atoms with E-state index < -0.39 is 42.0 Å². The summed E-state index contributed by atoms with van der Waals surface area (Å²) in [5.41, 5.74) is -3.05. The number of ether oxygens (including phenoxy) is 1. The van der Waals surface area contributed by atoms with Gasteiger partial charge in [0.15, 0.2) is 17.0 Å². The first-order chi connectivity index (χ1) is 20.7. The maximum absolute atomic E-state index is 11.9. The van der Waals surface area contributed by atoms with E-state index in [2.05, 4.69) is 19.1 Å². The molecule has 238 valence electrons. The first-order valence-electron chi connectivity index (χ1n) is 14.4. The molecule has 1 fully saturated rings. The molecular formula is C32H41N2O10+. The van der Waals surface area contributed by atoms with Crippen molar-refractivity contribution in [3.63, 3.8) is 0 Å². The number of benzene rings is 2. The van der Waals surface area contributed by atoms with E-state index in [4.69, 9.17) is 29.6 Å². The number of oxazole rings is 1. The highest BCUT2D eigenvalue weighted by atomic mass is 16.5. The molecule has 4 rings (SSSR count). The maximum atomic E-state index is 11.9. The van der Waals surface area contributed by atoms with Crippen molar-refractivity contribution < 1.29 is 53.6 Å². The minimum absolute atomic E-state index is 0.128. The highest BCUT2D eigenvalue weighted by molar-refractivity contribution is 5.88. The molecule has 1 heterocycles. The lowest BCUT2D eigenvalue weighted by Crippen LogP contribution is -2.42. The molecule has 12 nitrogen and oxygen atoms in total. The van der Waals surface area contributed by atoms with Crippen molar-refractivity contribution in [3.05, 3.63) is 84.1 Å². The molecule has 0 saturated heterocycles. The van der Waals surface area contributed by atoms with E-state index in [0.717, 1.165) is 49.3 Å².